The van der Waals surface area contributed by atoms with E-state index in [1.54, 1.807) is 0 Å². The number of hydrogen-bond acceptors (Lipinski definition) is 7. The highest BCUT2D eigenvalue weighted by Crippen LogP contribution is 2.32. The third-order valence-corrected chi connectivity index (χ3v) is 5.46. The fourth-order valence-corrected chi connectivity index (χ4v) is 3.48. The molecule has 2 aromatic rings. The van der Waals surface area contributed by atoms with Gasteiger partial charge in [0, 0.05) is 37.2 Å². The minimum Gasteiger partial charge on any atom is -0.484 e. The van der Waals surface area contributed by atoms with Crippen LogP contribution in [0.2, 0.25) is 0 Å². The first-order valence-corrected chi connectivity index (χ1v) is 10.8. The molecular weight excluding hydrogens is 500 g/mol. The zero-order chi connectivity index (χ0) is 23.8. The standard InChI is InChI=1S/C20H21BrN2O4.C2H2O4/c21-16-2-4-17(5-3-16)25-13-20(24)23-9-7-22(8-10-23)12-15-1-6-18-19(11-15)27-14-26-18;3-1(4)2(5)6/h1-6,11H,7-10,12-14H2;(H,3,4)(H,5,6). The van der Waals surface area contributed by atoms with E-state index < -0.39 is 11.9 Å². The van der Waals surface area contributed by atoms with Crippen LogP contribution in [0, 0.1) is 0 Å². The fraction of sp³-hybridized carbons (Fsp3) is 0.318. The second-order valence-corrected chi connectivity index (χ2v) is 8.11. The lowest BCUT2D eigenvalue weighted by atomic mass is 10.1. The second-order valence-electron chi connectivity index (χ2n) is 7.20. The van der Waals surface area contributed by atoms with Gasteiger partial charge in [-0.05, 0) is 42.0 Å². The van der Waals surface area contributed by atoms with Crippen molar-refractivity contribution in [2.75, 3.05) is 39.6 Å². The minimum absolute atomic E-state index is 0.0284. The number of rotatable bonds is 5. The molecule has 0 spiro atoms. The van der Waals surface area contributed by atoms with Gasteiger partial charge < -0.3 is 29.3 Å². The molecule has 0 bridgehead atoms. The number of halogens is 1. The Morgan fingerprint density at radius 2 is 1.55 bits per heavy atom. The molecule has 2 aromatic carbocycles. The topological polar surface area (TPSA) is 126 Å². The molecule has 33 heavy (non-hydrogen) atoms. The van der Waals surface area contributed by atoms with Crippen molar-refractivity contribution in [3.05, 3.63) is 52.5 Å². The monoisotopic (exact) mass is 522 g/mol. The predicted molar refractivity (Wildman–Crippen MR) is 119 cm³/mol. The summed E-state index contributed by atoms with van der Waals surface area (Å²) >= 11 is 3.38. The predicted octanol–water partition coefficient (Wildman–Crippen LogP) is 2.06. The smallest absolute Gasteiger partial charge is 0.414 e. The number of aliphatic carboxylic acids is 2. The van der Waals surface area contributed by atoms with Crippen LogP contribution < -0.4 is 14.2 Å². The average molecular weight is 523 g/mol. The number of nitrogens with zero attached hydrogens (tertiary/aromatic N) is 2. The van der Waals surface area contributed by atoms with Gasteiger partial charge in [0.25, 0.3) is 5.91 Å². The molecule has 176 valence electrons. The molecule has 0 aromatic heterocycles. The molecule has 1 saturated heterocycles. The number of fused-ring (bicyclic) bond motifs is 1. The highest BCUT2D eigenvalue weighted by molar-refractivity contribution is 9.10. The Balaban J connectivity index is 0.000000454. The zero-order valence-corrected chi connectivity index (χ0v) is 19.2. The van der Waals surface area contributed by atoms with Gasteiger partial charge in [0.1, 0.15) is 5.75 Å². The Labute approximate surface area is 198 Å². The SMILES string of the molecule is O=C(COc1ccc(Br)cc1)N1CCN(Cc2ccc3c(c2)OCO3)CC1.O=C(O)C(=O)O. The first kappa shape index (κ1) is 24.3. The summed E-state index contributed by atoms with van der Waals surface area (Å²) in [4.78, 5) is 34.8. The largest absolute Gasteiger partial charge is 0.484 e. The maximum Gasteiger partial charge on any atom is 0.414 e. The highest BCUT2D eigenvalue weighted by atomic mass is 79.9. The van der Waals surface area contributed by atoms with Crippen molar-refractivity contribution in [3.63, 3.8) is 0 Å². The summed E-state index contributed by atoms with van der Waals surface area (Å²) in [6, 6.07) is 13.5. The number of carbonyl (C=O) groups is 3. The molecule has 2 aliphatic heterocycles. The summed E-state index contributed by atoms with van der Waals surface area (Å²) in [6.45, 7) is 4.33. The number of amides is 1. The molecule has 0 radical (unpaired) electrons. The molecule has 0 aliphatic carbocycles. The van der Waals surface area contributed by atoms with Gasteiger partial charge in [-0.25, -0.2) is 9.59 Å². The third kappa shape index (κ3) is 7.36. The summed E-state index contributed by atoms with van der Waals surface area (Å²) in [5.41, 5.74) is 1.19. The van der Waals surface area contributed by atoms with E-state index in [0.717, 1.165) is 35.6 Å². The first-order valence-electron chi connectivity index (χ1n) is 10.0. The Hall–Kier alpha value is -3.31. The van der Waals surface area contributed by atoms with Gasteiger partial charge in [0.2, 0.25) is 6.79 Å². The van der Waals surface area contributed by atoms with Crippen molar-refractivity contribution in [2.45, 2.75) is 6.54 Å². The molecule has 10 nitrogen and oxygen atoms in total. The van der Waals surface area contributed by atoms with E-state index in [-0.39, 0.29) is 12.5 Å². The number of carboxylic acid groups (broad SMARTS) is 2. The van der Waals surface area contributed by atoms with Crippen molar-refractivity contribution < 1.29 is 38.8 Å². The molecule has 1 amide bonds. The van der Waals surface area contributed by atoms with Crippen LogP contribution in [0.15, 0.2) is 46.9 Å². The first-order chi connectivity index (χ1) is 15.8. The van der Waals surface area contributed by atoms with Crippen molar-refractivity contribution in [3.8, 4) is 17.2 Å². The summed E-state index contributed by atoms with van der Waals surface area (Å²) in [7, 11) is 0. The summed E-state index contributed by atoms with van der Waals surface area (Å²) in [6.07, 6.45) is 0. The van der Waals surface area contributed by atoms with Crippen molar-refractivity contribution in [2.24, 2.45) is 0 Å². The van der Waals surface area contributed by atoms with Crippen LogP contribution in [0.1, 0.15) is 5.56 Å². The summed E-state index contributed by atoms with van der Waals surface area (Å²) in [5, 5.41) is 14.8. The normalized spacial score (nSPS) is 14.8. The van der Waals surface area contributed by atoms with Gasteiger partial charge in [-0.1, -0.05) is 22.0 Å². The van der Waals surface area contributed by atoms with Crippen molar-refractivity contribution in [1.82, 2.24) is 9.80 Å². The van der Waals surface area contributed by atoms with Gasteiger partial charge >= 0.3 is 11.9 Å². The van der Waals surface area contributed by atoms with E-state index in [1.165, 1.54) is 5.56 Å². The molecule has 0 atom stereocenters. The molecule has 0 saturated carbocycles. The van der Waals surface area contributed by atoms with Crippen LogP contribution in [-0.2, 0) is 20.9 Å². The van der Waals surface area contributed by atoms with Gasteiger partial charge in [-0.2, -0.15) is 0 Å². The number of hydrogen-bond donors (Lipinski definition) is 2. The minimum atomic E-state index is -1.82. The zero-order valence-electron chi connectivity index (χ0n) is 17.6. The van der Waals surface area contributed by atoms with E-state index in [9.17, 15) is 4.79 Å². The Morgan fingerprint density at radius 3 is 2.18 bits per heavy atom. The van der Waals surface area contributed by atoms with Crippen LogP contribution in [0.5, 0.6) is 17.2 Å². The molecule has 11 heteroatoms. The average Bonchev–Trinajstić information content (AvgIpc) is 3.27. The van der Waals surface area contributed by atoms with Gasteiger partial charge in [0.05, 0.1) is 0 Å². The lowest BCUT2D eigenvalue weighted by Crippen LogP contribution is -2.49. The van der Waals surface area contributed by atoms with Crippen molar-refractivity contribution in [1.29, 1.82) is 0 Å². The van der Waals surface area contributed by atoms with Crippen molar-refractivity contribution >= 4 is 33.8 Å². The molecule has 1 fully saturated rings. The molecule has 2 aliphatic rings. The number of benzene rings is 2. The van der Waals surface area contributed by atoms with E-state index in [2.05, 4.69) is 26.9 Å². The lowest BCUT2D eigenvalue weighted by molar-refractivity contribution is -0.159. The van der Waals surface area contributed by atoms with E-state index >= 15 is 0 Å². The summed E-state index contributed by atoms with van der Waals surface area (Å²) in [5.74, 6) is -1.30. The molecule has 4 rings (SSSR count). The Kier molecular flexibility index (Phi) is 8.50. The number of carboxylic acids is 2. The fourth-order valence-electron chi connectivity index (χ4n) is 3.22. The summed E-state index contributed by atoms with van der Waals surface area (Å²) < 4.78 is 17.4. The molecular formula is C22H23BrN2O8. The van der Waals surface area contributed by atoms with Gasteiger partial charge in [-0.15, -0.1) is 0 Å². The maximum atomic E-state index is 12.4. The quantitative estimate of drug-likeness (QED) is 0.567. The van der Waals surface area contributed by atoms with Crippen LogP contribution in [0.25, 0.3) is 0 Å². The molecule has 0 unspecified atom stereocenters. The van der Waals surface area contributed by atoms with Gasteiger partial charge in [-0.3, -0.25) is 9.69 Å². The molecule has 2 N–H and O–H groups in total. The number of carbonyl (C=O) groups excluding carboxylic acids is 1. The van der Waals surface area contributed by atoms with Gasteiger partial charge in [0.15, 0.2) is 18.1 Å². The van der Waals surface area contributed by atoms with E-state index in [1.807, 2.05) is 41.3 Å². The third-order valence-electron chi connectivity index (χ3n) is 4.93. The van der Waals surface area contributed by atoms with Crippen LogP contribution >= 0.6 is 15.9 Å². The Morgan fingerprint density at radius 1 is 0.909 bits per heavy atom. The van der Waals surface area contributed by atoms with Crippen LogP contribution in [-0.4, -0.2) is 77.4 Å². The maximum absolute atomic E-state index is 12.4. The molecule has 2 heterocycles. The lowest BCUT2D eigenvalue weighted by Gasteiger charge is -2.34. The number of ether oxygens (including phenoxy) is 3. The van der Waals surface area contributed by atoms with Crippen LogP contribution in [0.4, 0.5) is 0 Å². The number of piperazine rings is 1. The van der Waals surface area contributed by atoms with Crippen LogP contribution in [0.3, 0.4) is 0 Å². The Bertz CT molecular complexity index is 978. The highest BCUT2D eigenvalue weighted by Gasteiger charge is 2.22. The second kappa shape index (κ2) is 11.5. The van der Waals surface area contributed by atoms with E-state index in [0.29, 0.717) is 25.6 Å². The van der Waals surface area contributed by atoms with E-state index in [4.69, 9.17) is 34.0 Å².